The fraction of sp³-hybridized carbons (Fsp3) is 0.280. The first-order valence-electron chi connectivity index (χ1n) is 10.5. The minimum Gasteiger partial charge on any atom is -0.493 e. The number of methoxy groups -OCH3 is 1. The molecule has 0 spiro atoms. The van der Waals surface area contributed by atoms with Gasteiger partial charge in [0, 0.05) is 24.7 Å². The molecule has 2 N–H and O–H groups in total. The zero-order chi connectivity index (χ0) is 23.7. The summed E-state index contributed by atoms with van der Waals surface area (Å²) in [6, 6.07) is 11.6. The number of benzene rings is 2. The Hall–Kier alpha value is -3.50. The Morgan fingerprint density at radius 2 is 2.09 bits per heavy atom. The second-order valence-electron chi connectivity index (χ2n) is 7.99. The van der Waals surface area contributed by atoms with E-state index in [0.717, 1.165) is 12.1 Å². The Balaban J connectivity index is 1.76. The summed E-state index contributed by atoms with van der Waals surface area (Å²) >= 11 is 6.58. The molecule has 33 heavy (non-hydrogen) atoms. The molecule has 4 rings (SSSR count). The van der Waals surface area contributed by atoms with E-state index in [9.17, 15) is 14.4 Å². The maximum absolute atomic E-state index is 13.5. The van der Waals surface area contributed by atoms with Crippen molar-refractivity contribution in [3.05, 3.63) is 81.0 Å². The molecule has 0 saturated carbocycles. The summed E-state index contributed by atoms with van der Waals surface area (Å²) in [6.45, 7) is 0.0888. The third kappa shape index (κ3) is 4.14. The van der Waals surface area contributed by atoms with Crippen molar-refractivity contribution in [1.29, 1.82) is 5.26 Å². The molecule has 0 radical (unpaired) electrons. The summed E-state index contributed by atoms with van der Waals surface area (Å²) in [4.78, 5) is 14.7. The van der Waals surface area contributed by atoms with Crippen LogP contribution in [0.3, 0.4) is 0 Å². The smallest absolute Gasteiger partial charge is 0.180 e. The van der Waals surface area contributed by atoms with Crippen molar-refractivity contribution in [2.24, 2.45) is 5.73 Å². The predicted octanol–water partition coefficient (Wildman–Crippen LogP) is 4.80. The highest BCUT2D eigenvalue weighted by molar-refractivity contribution is 6.32. The van der Waals surface area contributed by atoms with Crippen molar-refractivity contribution < 1.29 is 18.7 Å². The molecule has 0 amide bonds. The lowest BCUT2D eigenvalue weighted by molar-refractivity contribution is -0.116. The summed E-state index contributed by atoms with van der Waals surface area (Å²) in [7, 11) is 3.25. The molecule has 0 unspecified atom stereocenters. The average Bonchev–Trinajstić information content (AvgIpc) is 2.80. The summed E-state index contributed by atoms with van der Waals surface area (Å²) in [5, 5.41) is 10.2. The number of rotatable bonds is 5. The normalized spacial score (nSPS) is 18.2. The molecule has 0 aromatic heterocycles. The van der Waals surface area contributed by atoms with Crippen LogP contribution in [-0.2, 0) is 11.4 Å². The molecule has 0 bridgehead atoms. The second-order valence-corrected chi connectivity index (χ2v) is 8.40. The van der Waals surface area contributed by atoms with Crippen molar-refractivity contribution in [3.8, 4) is 17.6 Å². The number of ketones is 1. The molecule has 2 aliphatic rings. The van der Waals surface area contributed by atoms with Gasteiger partial charge in [-0.3, -0.25) is 4.79 Å². The SMILES string of the molecule is COc1cc([C@@H]2C(C#N)=C(N)N(C)C3=C2C(=O)CCC3)cc(Cl)c1OCc1cccc(F)c1. The van der Waals surface area contributed by atoms with Gasteiger partial charge in [0.15, 0.2) is 17.3 Å². The van der Waals surface area contributed by atoms with E-state index in [4.69, 9.17) is 26.8 Å². The molecule has 170 valence electrons. The molecular weight excluding hydrogens is 445 g/mol. The van der Waals surface area contributed by atoms with Crippen molar-refractivity contribution >= 4 is 17.4 Å². The van der Waals surface area contributed by atoms with E-state index in [1.165, 1.54) is 19.2 Å². The van der Waals surface area contributed by atoms with Crippen LogP contribution in [0.4, 0.5) is 4.39 Å². The first-order chi connectivity index (χ1) is 15.8. The third-order valence-corrected chi connectivity index (χ3v) is 6.31. The van der Waals surface area contributed by atoms with E-state index in [0.29, 0.717) is 46.9 Å². The number of nitrogens with zero attached hydrogens (tertiary/aromatic N) is 2. The first kappa shape index (κ1) is 22.7. The number of Topliss-reactive ketones (excluding diaryl/α,β-unsaturated/α-hetero) is 1. The monoisotopic (exact) mass is 467 g/mol. The zero-order valence-corrected chi connectivity index (χ0v) is 19.1. The molecule has 6 nitrogen and oxygen atoms in total. The molecular formula is C25H23ClFN3O3. The number of halogens is 2. The highest BCUT2D eigenvalue weighted by Gasteiger charge is 2.39. The Labute approximate surface area is 196 Å². The van der Waals surface area contributed by atoms with E-state index in [1.54, 1.807) is 36.2 Å². The van der Waals surface area contributed by atoms with E-state index in [1.807, 2.05) is 0 Å². The molecule has 0 saturated heterocycles. The quantitative estimate of drug-likeness (QED) is 0.679. The van der Waals surface area contributed by atoms with Gasteiger partial charge in [-0.05, 0) is 48.2 Å². The molecule has 1 aliphatic heterocycles. The van der Waals surface area contributed by atoms with Crippen molar-refractivity contribution in [2.45, 2.75) is 31.8 Å². The van der Waals surface area contributed by atoms with Gasteiger partial charge in [-0.1, -0.05) is 23.7 Å². The van der Waals surface area contributed by atoms with Gasteiger partial charge in [0.2, 0.25) is 0 Å². The topological polar surface area (TPSA) is 88.6 Å². The van der Waals surface area contributed by atoms with E-state index >= 15 is 0 Å². The van der Waals surface area contributed by atoms with Gasteiger partial charge in [-0.2, -0.15) is 5.26 Å². The predicted molar refractivity (Wildman–Crippen MR) is 122 cm³/mol. The van der Waals surface area contributed by atoms with Gasteiger partial charge in [0.25, 0.3) is 0 Å². The van der Waals surface area contributed by atoms with Crippen LogP contribution in [0.25, 0.3) is 0 Å². The average molecular weight is 468 g/mol. The van der Waals surface area contributed by atoms with Gasteiger partial charge < -0.3 is 20.1 Å². The minimum absolute atomic E-state index is 0.00475. The largest absolute Gasteiger partial charge is 0.493 e. The van der Waals surface area contributed by atoms with Gasteiger partial charge in [0.05, 0.1) is 29.7 Å². The van der Waals surface area contributed by atoms with Crippen LogP contribution in [0.2, 0.25) is 5.02 Å². The van der Waals surface area contributed by atoms with Crippen LogP contribution in [0.1, 0.15) is 36.3 Å². The number of allylic oxidation sites excluding steroid dienone is 3. The fourth-order valence-electron chi connectivity index (χ4n) is 4.42. The first-order valence-corrected chi connectivity index (χ1v) is 10.9. The van der Waals surface area contributed by atoms with Crippen LogP contribution in [0.15, 0.2) is 59.1 Å². The molecule has 2 aromatic carbocycles. The molecule has 1 heterocycles. The fourth-order valence-corrected chi connectivity index (χ4v) is 4.70. The second kappa shape index (κ2) is 9.16. The van der Waals surface area contributed by atoms with Crippen LogP contribution in [0.5, 0.6) is 11.5 Å². The minimum atomic E-state index is -0.641. The number of ether oxygens (including phenoxy) is 2. The number of nitrogens with two attached hydrogens (primary N) is 1. The van der Waals surface area contributed by atoms with Crippen LogP contribution in [-0.4, -0.2) is 24.8 Å². The Morgan fingerprint density at radius 1 is 1.30 bits per heavy atom. The summed E-state index contributed by atoms with van der Waals surface area (Å²) in [5.74, 6) is -0.0553. The summed E-state index contributed by atoms with van der Waals surface area (Å²) in [5.41, 5.74) is 9.24. The number of hydrogen-bond donors (Lipinski definition) is 1. The number of carbonyl (C=O) groups is 1. The molecule has 1 aliphatic carbocycles. The highest BCUT2D eigenvalue weighted by atomic mass is 35.5. The van der Waals surface area contributed by atoms with Crippen LogP contribution >= 0.6 is 11.6 Å². The molecule has 8 heteroatoms. The van der Waals surface area contributed by atoms with E-state index in [-0.39, 0.29) is 28.8 Å². The van der Waals surface area contributed by atoms with Crippen molar-refractivity contribution in [2.75, 3.05) is 14.2 Å². The Bertz CT molecular complexity index is 1230. The summed E-state index contributed by atoms with van der Waals surface area (Å²) < 4.78 is 24.9. The maximum atomic E-state index is 13.5. The number of nitriles is 1. The van der Waals surface area contributed by atoms with Crippen molar-refractivity contribution in [1.82, 2.24) is 4.90 Å². The third-order valence-electron chi connectivity index (χ3n) is 6.03. The lowest BCUT2D eigenvalue weighted by Crippen LogP contribution is -2.36. The lowest BCUT2D eigenvalue weighted by atomic mass is 9.76. The highest BCUT2D eigenvalue weighted by Crippen LogP contribution is 2.47. The number of hydrogen-bond acceptors (Lipinski definition) is 6. The Kier molecular flexibility index (Phi) is 6.30. The van der Waals surface area contributed by atoms with Crippen LogP contribution in [0, 0.1) is 17.1 Å². The Morgan fingerprint density at radius 3 is 2.79 bits per heavy atom. The molecule has 1 atom stereocenters. The van der Waals surface area contributed by atoms with Crippen LogP contribution < -0.4 is 15.2 Å². The van der Waals surface area contributed by atoms with Gasteiger partial charge in [-0.25, -0.2) is 4.39 Å². The van der Waals surface area contributed by atoms with E-state index < -0.39 is 5.92 Å². The lowest BCUT2D eigenvalue weighted by Gasteiger charge is -2.37. The van der Waals surface area contributed by atoms with Gasteiger partial charge in [-0.15, -0.1) is 0 Å². The molecule has 0 fully saturated rings. The maximum Gasteiger partial charge on any atom is 0.180 e. The van der Waals surface area contributed by atoms with Gasteiger partial charge >= 0.3 is 0 Å². The van der Waals surface area contributed by atoms with E-state index in [2.05, 4.69) is 6.07 Å². The number of carbonyl (C=O) groups excluding carboxylic acids is 1. The molecule has 2 aromatic rings. The summed E-state index contributed by atoms with van der Waals surface area (Å²) in [6.07, 6.45) is 1.86. The van der Waals surface area contributed by atoms with Crippen molar-refractivity contribution in [3.63, 3.8) is 0 Å². The zero-order valence-electron chi connectivity index (χ0n) is 18.3. The van der Waals surface area contributed by atoms with Gasteiger partial charge in [0.1, 0.15) is 18.2 Å². The standard InChI is InChI=1S/C25H23ClFN3O3/c1-30-19-7-4-8-20(31)23(19)22(17(12-28)25(30)29)15-10-18(26)24(21(11-15)32-2)33-13-14-5-3-6-16(27)9-14/h3,5-6,9-11,22H,4,7-8,13,29H2,1-2H3/t22-/m1/s1.